The molecule has 23 heavy (non-hydrogen) atoms. The van der Waals surface area contributed by atoms with E-state index in [0.717, 1.165) is 29.7 Å². The van der Waals surface area contributed by atoms with Crippen molar-refractivity contribution < 1.29 is 0 Å². The summed E-state index contributed by atoms with van der Waals surface area (Å²) in [5.41, 5.74) is 4.41. The Morgan fingerprint density at radius 1 is 1.09 bits per heavy atom. The Morgan fingerprint density at radius 3 is 2.65 bits per heavy atom. The van der Waals surface area contributed by atoms with Gasteiger partial charge in [0.05, 0.1) is 6.57 Å². The molecular formula is C20H19N3. The topological polar surface area (TPSA) is 21.3 Å². The minimum atomic E-state index is 0.669. The summed E-state index contributed by atoms with van der Waals surface area (Å²) in [4.78, 5) is 3.73. The van der Waals surface area contributed by atoms with Crippen molar-refractivity contribution in [3.05, 3.63) is 77.3 Å². The first-order chi connectivity index (χ1) is 11.3. The maximum Gasteiger partial charge on any atom is 0.196 e. The Hall–Kier alpha value is -2.57. The Morgan fingerprint density at radius 2 is 1.91 bits per heavy atom. The van der Waals surface area contributed by atoms with Gasteiger partial charge in [-0.05, 0) is 30.0 Å². The van der Waals surface area contributed by atoms with Crippen LogP contribution in [0.2, 0.25) is 0 Å². The molecule has 0 saturated heterocycles. The number of benzene rings is 2. The zero-order valence-corrected chi connectivity index (χ0v) is 13.0. The zero-order chi connectivity index (χ0) is 15.6. The van der Waals surface area contributed by atoms with E-state index in [2.05, 4.69) is 51.3 Å². The van der Waals surface area contributed by atoms with Gasteiger partial charge in [0.2, 0.25) is 0 Å². The van der Waals surface area contributed by atoms with Crippen LogP contribution >= 0.6 is 0 Å². The zero-order valence-electron chi connectivity index (χ0n) is 13.0. The summed E-state index contributed by atoms with van der Waals surface area (Å²) >= 11 is 0. The highest BCUT2D eigenvalue weighted by molar-refractivity contribution is 5.96. The van der Waals surface area contributed by atoms with Gasteiger partial charge in [-0.1, -0.05) is 42.5 Å². The number of hydrogen-bond acceptors (Lipinski definition) is 1. The maximum absolute atomic E-state index is 7.48. The molecule has 0 unspecified atom stereocenters. The normalized spacial score (nSPS) is 14.0. The van der Waals surface area contributed by atoms with Crippen molar-refractivity contribution in [2.24, 2.45) is 0 Å². The summed E-state index contributed by atoms with van der Waals surface area (Å²) in [5, 5.41) is 4.68. The van der Waals surface area contributed by atoms with Crippen LogP contribution in [0.3, 0.4) is 0 Å². The number of nitrogens with zero attached hydrogens (tertiary/aromatic N) is 2. The van der Waals surface area contributed by atoms with Gasteiger partial charge in [0.25, 0.3) is 0 Å². The van der Waals surface area contributed by atoms with Gasteiger partial charge in [0, 0.05) is 36.2 Å². The predicted molar refractivity (Wildman–Crippen MR) is 93.6 cm³/mol. The number of fused-ring (bicyclic) bond motifs is 1. The summed E-state index contributed by atoms with van der Waals surface area (Å²) in [5.74, 6) is 0. The second kappa shape index (κ2) is 5.91. The Balaban J connectivity index is 1.76. The van der Waals surface area contributed by atoms with Gasteiger partial charge in [-0.25, -0.2) is 4.85 Å². The van der Waals surface area contributed by atoms with Gasteiger partial charge in [-0.15, -0.1) is 0 Å². The van der Waals surface area contributed by atoms with Crippen LogP contribution in [0.5, 0.6) is 0 Å². The highest BCUT2D eigenvalue weighted by Gasteiger charge is 2.21. The Labute approximate surface area is 136 Å². The van der Waals surface area contributed by atoms with Crippen molar-refractivity contribution in [3.63, 3.8) is 0 Å². The van der Waals surface area contributed by atoms with Crippen molar-refractivity contribution in [2.75, 3.05) is 0 Å². The molecule has 4 rings (SSSR count). The molecule has 3 heteroatoms. The van der Waals surface area contributed by atoms with E-state index >= 15 is 0 Å². The third kappa shape index (κ3) is 2.86. The molecule has 0 amide bonds. The molecule has 1 aromatic heterocycles. The summed E-state index contributed by atoms with van der Waals surface area (Å²) < 4.78 is 2.27. The van der Waals surface area contributed by atoms with Crippen LogP contribution in [0.15, 0.2) is 54.7 Å². The molecule has 1 saturated carbocycles. The minimum absolute atomic E-state index is 0.669. The first-order valence-electron chi connectivity index (χ1n) is 8.10. The summed E-state index contributed by atoms with van der Waals surface area (Å²) in [6, 6.07) is 17.2. The number of aromatic nitrogens is 1. The first-order valence-corrected chi connectivity index (χ1v) is 8.10. The van der Waals surface area contributed by atoms with Crippen molar-refractivity contribution >= 4 is 16.6 Å². The van der Waals surface area contributed by atoms with Gasteiger partial charge >= 0.3 is 0 Å². The van der Waals surface area contributed by atoms with Crippen molar-refractivity contribution in [1.29, 1.82) is 0 Å². The molecule has 1 heterocycles. The SMILES string of the molecule is [C-]#[N+]c1cccc2c1c(CNC1CC1)cn2Cc1ccccc1. The van der Waals surface area contributed by atoms with Crippen LogP contribution in [0.4, 0.5) is 5.69 Å². The van der Waals surface area contributed by atoms with Crippen LogP contribution in [0.1, 0.15) is 24.0 Å². The lowest BCUT2D eigenvalue weighted by Crippen LogP contribution is -2.15. The van der Waals surface area contributed by atoms with E-state index in [0.29, 0.717) is 6.04 Å². The lowest BCUT2D eigenvalue weighted by Gasteiger charge is -2.05. The van der Waals surface area contributed by atoms with Crippen molar-refractivity contribution in [1.82, 2.24) is 9.88 Å². The molecular weight excluding hydrogens is 282 g/mol. The molecule has 1 aliphatic carbocycles. The number of nitrogens with one attached hydrogen (secondary N) is 1. The first kappa shape index (κ1) is 14.0. The van der Waals surface area contributed by atoms with Gasteiger partial charge < -0.3 is 9.88 Å². The third-order valence-corrected chi connectivity index (χ3v) is 4.44. The smallest absolute Gasteiger partial charge is 0.196 e. The van der Waals surface area contributed by atoms with E-state index in [1.165, 1.54) is 24.0 Å². The molecule has 1 fully saturated rings. The van der Waals surface area contributed by atoms with Crippen molar-refractivity contribution in [3.8, 4) is 0 Å². The molecule has 2 aromatic carbocycles. The molecule has 0 aliphatic heterocycles. The molecule has 0 atom stereocenters. The fourth-order valence-electron chi connectivity index (χ4n) is 3.10. The van der Waals surface area contributed by atoms with Crippen LogP contribution in [0.25, 0.3) is 15.7 Å². The van der Waals surface area contributed by atoms with E-state index < -0.39 is 0 Å². The minimum Gasteiger partial charge on any atom is -0.344 e. The molecule has 1 N–H and O–H groups in total. The third-order valence-electron chi connectivity index (χ3n) is 4.44. The quantitative estimate of drug-likeness (QED) is 0.689. The lowest BCUT2D eigenvalue weighted by molar-refractivity contribution is 0.687. The van der Waals surface area contributed by atoms with Crippen LogP contribution in [0, 0.1) is 6.57 Å². The second-order valence-corrected chi connectivity index (χ2v) is 6.21. The highest BCUT2D eigenvalue weighted by Crippen LogP contribution is 2.32. The monoisotopic (exact) mass is 301 g/mol. The molecule has 0 radical (unpaired) electrons. The molecule has 3 nitrogen and oxygen atoms in total. The standard InChI is InChI=1S/C20H19N3/c1-21-18-8-5-9-19-20(18)16(12-22-17-10-11-17)14-23(19)13-15-6-3-2-4-7-15/h2-9,14,17,22H,10-13H2. The fraction of sp³-hybridized carbons (Fsp3) is 0.250. The van der Waals surface area contributed by atoms with Crippen LogP contribution in [-0.2, 0) is 13.1 Å². The summed E-state index contributed by atoms with van der Waals surface area (Å²) in [7, 11) is 0. The van der Waals surface area contributed by atoms with Crippen LogP contribution in [-0.4, -0.2) is 10.6 Å². The van der Waals surface area contributed by atoms with Gasteiger partial charge in [-0.3, -0.25) is 0 Å². The molecule has 1 aliphatic rings. The Bertz CT molecular complexity index is 867. The summed E-state index contributed by atoms with van der Waals surface area (Å²) in [6.07, 6.45) is 4.76. The van der Waals surface area contributed by atoms with Crippen LogP contribution < -0.4 is 5.32 Å². The molecule has 114 valence electrons. The Kier molecular flexibility index (Phi) is 3.61. The van der Waals surface area contributed by atoms with Gasteiger partial charge in [0.15, 0.2) is 5.69 Å². The van der Waals surface area contributed by atoms with E-state index in [-0.39, 0.29) is 0 Å². The lowest BCUT2D eigenvalue weighted by atomic mass is 10.1. The van der Waals surface area contributed by atoms with E-state index in [1.54, 1.807) is 0 Å². The van der Waals surface area contributed by atoms with Gasteiger partial charge in [0.1, 0.15) is 0 Å². The average Bonchev–Trinajstić information content (AvgIpc) is 3.36. The van der Waals surface area contributed by atoms with Crippen molar-refractivity contribution in [2.45, 2.75) is 32.0 Å². The van der Waals surface area contributed by atoms with E-state index in [4.69, 9.17) is 6.57 Å². The van der Waals surface area contributed by atoms with E-state index in [1.807, 2.05) is 18.2 Å². The fourth-order valence-corrected chi connectivity index (χ4v) is 3.10. The molecule has 0 spiro atoms. The predicted octanol–water partition coefficient (Wildman–Crippen LogP) is 4.49. The molecule has 3 aromatic rings. The molecule has 0 bridgehead atoms. The maximum atomic E-state index is 7.48. The van der Waals surface area contributed by atoms with Gasteiger partial charge in [-0.2, -0.15) is 0 Å². The second-order valence-electron chi connectivity index (χ2n) is 6.21. The summed E-state index contributed by atoms with van der Waals surface area (Å²) in [6.45, 7) is 9.16. The largest absolute Gasteiger partial charge is 0.344 e. The number of rotatable bonds is 5. The van der Waals surface area contributed by atoms with E-state index in [9.17, 15) is 0 Å². The number of hydrogen-bond donors (Lipinski definition) is 1. The average molecular weight is 301 g/mol. The highest BCUT2D eigenvalue weighted by atomic mass is 15.0.